The molecule has 3 heterocycles. The minimum Gasteiger partial charge on any atom is -0.248 e. The quantitative estimate of drug-likeness (QED) is 0.223. The van der Waals surface area contributed by atoms with Crippen LogP contribution in [0.5, 0.6) is 0 Å². The molecule has 0 aliphatic heterocycles. The fraction of sp³-hybridized carbons (Fsp3) is 0. The lowest BCUT2D eigenvalue weighted by molar-refractivity contribution is 1.18. The summed E-state index contributed by atoms with van der Waals surface area (Å²) in [5.41, 5.74) is 6.64. The number of aromatic nitrogens is 4. The summed E-state index contributed by atoms with van der Waals surface area (Å²) in [6.45, 7) is 0. The topological polar surface area (TPSA) is 51.6 Å². The highest BCUT2D eigenvalue weighted by Crippen LogP contribution is 2.33. The van der Waals surface area contributed by atoms with Crippen molar-refractivity contribution in [3.8, 4) is 33.9 Å². The minimum atomic E-state index is 0.671. The summed E-state index contributed by atoms with van der Waals surface area (Å²) >= 11 is 0. The van der Waals surface area contributed by atoms with E-state index >= 15 is 0 Å². The van der Waals surface area contributed by atoms with Crippen molar-refractivity contribution in [3.63, 3.8) is 0 Å². The second kappa shape index (κ2) is 9.07. The van der Waals surface area contributed by atoms with Crippen LogP contribution in [0.3, 0.4) is 0 Å². The van der Waals surface area contributed by atoms with E-state index in [1.165, 1.54) is 21.5 Å². The maximum absolute atomic E-state index is 5.09. The molecular weight excluding hydrogens is 488 g/mol. The summed E-state index contributed by atoms with van der Waals surface area (Å²) in [5.74, 6) is 0.671. The van der Waals surface area contributed by atoms with Crippen molar-refractivity contribution in [1.29, 1.82) is 0 Å². The van der Waals surface area contributed by atoms with E-state index in [-0.39, 0.29) is 0 Å². The normalized spacial score (nSPS) is 11.5. The molecule has 40 heavy (non-hydrogen) atoms. The fourth-order valence-electron chi connectivity index (χ4n) is 5.45. The number of hydrogen-bond acceptors (Lipinski definition) is 4. The molecule has 5 aromatic carbocycles. The highest BCUT2D eigenvalue weighted by Gasteiger charge is 2.12. The van der Waals surface area contributed by atoms with E-state index in [0.717, 1.165) is 49.9 Å². The molecule has 0 bridgehead atoms. The SMILES string of the molecule is c1cnc(-c2cc(-c3ccc4cc5ccccc5cc4n3)cc(-c3ccc4cc5ccccc5cc4n3)c2)nc1. The van der Waals surface area contributed by atoms with Gasteiger partial charge in [0.25, 0.3) is 0 Å². The average Bonchev–Trinajstić information content (AvgIpc) is 3.02. The Labute approximate surface area is 230 Å². The van der Waals surface area contributed by atoms with Gasteiger partial charge in [0.2, 0.25) is 0 Å². The second-order valence-electron chi connectivity index (χ2n) is 10.0. The molecule has 8 aromatic rings. The van der Waals surface area contributed by atoms with Gasteiger partial charge in [-0.25, -0.2) is 19.9 Å². The van der Waals surface area contributed by atoms with Crippen molar-refractivity contribution >= 4 is 43.4 Å². The van der Waals surface area contributed by atoms with Gasteiger partial charge in [-0.15, -0.1) is 0 Å². The molecule has 0 saturated carbocycles. The summed E-state index contributed by atoms with van der Waals surface area (Å²) in [7, 11) is 0. The second-order valence-corrected chi connectivity index (χ2v) is 10.0. The van der Waals surface area contributed by atoms with Gasteiger partial charge < -0.3 is 0 Å². The van der Waals surface area contributed by atoms with Crippen molar-refractivity contribution in [2.75, 3.05) is 0 Å². The Balaban J connectivity index is 1.31. The van der Waals surface area contributed by atoms with Crippen LogP contribution in [0.25, 0.3) is 77.3 Å². The Morgan fingerprint density at radius 3 is 1.30 bits per heavy atom. The monoisotopic (exact) mass is 510 g/mol. The number of hydrogen-bond donors (Lipinski definition) is 0. The summed E-state index contributed by atoms with van der Waals surface area (Å²) in [6.07, 6.45) is 3.54. The third kappa shape index (κ3) is 3.94. The summed E-state index contributed by atoms with van der Waals surface area (Å²) < 4.78 is 0. The highest BCUT2D eigenvalue weighted by atomic mass is 14.9. The van der Waals surface area contributed by atoms with E-state index in [4.69, 9.17) is 9.97 Å². The van der Waals surface area contributed by atoms with Crippen LogP contribution in [0.15, 0.2) is 134 Å². The molecular formula is C36H22N4. The average molecular weight is 511 g/mol. The maximum Gasteiger partial charge on any atom is 0.159 e. The molecule has 0 N–H and O–H groups in total. The molecule has 0 radical (unpaired) electrons. The first-order chi connectivity index (χ1) is 19.8. The van der Waals surface area contributed by atoms with Crippen LogP contribution in [0.4, 0.5) is 0 Å². The zero-order valence-corrected chi connectivity index (χ0v) is 21.5. The Hall–Kier alpha value is -5.48. The molecule has 4 heteroatoms. The summed E-state index contributed by atoms with van der Waals surface area (Å²) in [6, 6.07) is 42.2. The van der Waals surface area contributed by atoms with Crippen LogP contribution in [0, 0.1) is 0 Å². The van der Waals surface area contributed by atoms with Crippen LogP contribution in [0.2, 0.25) is 0 Å². The maximum atomic E-state index is 5.09. The molecule has 4 nitrogen and oxygen atoms in total. The molecule has 0 spiro atoms. The van der Waals surface area contributed by atoms with Crippen LogP contribution >= 0.6 is 0 Å². The van der Waals surface area contributed by atoms with Gasteiger partial charge in [-0.2, -0.15) is 0 Å². The molecule has 3 aromatic heterocycles. The third-order valence-corrected chi connectivity index (χ3v) is 7.46. The van der Waals surface area contributed by atoms with Crippen LogP contribution in [-0.4, -0.2) is 19.9 Å². The lowest BCUT2D eigenvalue weighted by Gasteiger charge is -2.11. The van der Waals surface area contributed by atoms with Crippen molar-refractivity contribution < 1.29 is 0 Å². The molecule has 8 rings (SSSR count). The van der Waals surface area contributed by atoms with Gasteiger partial charge in [-0.05, 0) is 82.2 Å². The Kier molecular flexibility index (Phi) is 5.10. The Bertz CT molecular complexity index is 2080. The molecule has 186 valence electrons. The van der Waals surface area contributed by atoms with Crippen molar-refractivity contribution in [1.82, 2.24) is 19.9 Å². The molecule has 0 unspecified atom stereocenters. The number of fused-ring (bicyclic) bond motifs is 4. The summed E-state index contributed by atoms with van der Waals surface area (Å²) in [5, 5.41) is 7.03. The number of nitrogens with zero attached hydrogens (tertiary/aromatic N) is 4. The molecule has 0 amide bonds. The lowest BCUT2D eigenvalue weighted by atomic mass is 9.98. The number of benzene rings is 5. The van der Waals surface area contributed by atoms with Gasteiger partial charge in [0.15, 0.2) is 5.82 Å². The lowest BCUT2D eigenvalue weighted by Crippen LogP contribution is -1.93. The standard InChI is InChI=1S/C36H22N4/c1-3-8-25-21-34-27(16-23(25)6-1)10-12-32(39-34)29-18-30(20-31(19-29)36-37-14-5-15-38-36)33-13-11-28-17-24-7-2-4-9-26(24)22-35(28)40-33/h1-22H. The largest absolute Gasteiger partial charge is 0.248 e. The van der Waals surface area contributed by atoms with E-state index < -0.39 is 0 Å². The van der Waals surface area contributed by atoms with Gasteiger partial charge in [-0.3, -0.25) is 0 Å². The fourth-order valence-corrected chi connectivity index (χ4v) is 5.45. The molecule has 0 saturated heterocycles. The van der Waals surface area contributed by atoms with Gasteiger partial charge in [0, 0.05) is 39.9 Å². The zero-order chi connectivity index (χ0) is 26.5. The van der Waals surface area contributed by atoms with Gasteiger partial charge in [0.1, 0.15) is 0 Å². The smallest absolute Gasteiger partial charge is 0.159 e. The summed E-state index contributed by atoms with van der Waals surface area (Å²) in [4.78, 5) is 19.2. The van der Waals surface area contributed by atoms with Crippen molar-refractivity contribution in [2.45, 2.75) is 0 Å². The molecule has 0 aliphatic carbocycles. The molecule has 0 aliphatic rings. The van der Waals surface area contributed by atoms with Crippen LogP contribution < -0.4 is 0 Å². The van der Waals surface area contributed by atoms with E-state index in [2.05, 4.69) is 125 Å². The first-order valence-electron chi connectivity index (χ1n) is 13.3. The highest BCUT2D eigenvalue weighted by molar-refractivity contribution is 5.98. The molecule has 0 atom stereocenters. The van der Waals surface area contributed by atoms with E-state index in [0.29, 0.717) is 5.82 Å². The minimum absolute atomic E-state index is 0.671. The van der Waals surface area contributed by atoms with Crippen molar-refractivity contribution in [2.24, 2.45) is 0 Å². The zero-order valence-electron chi connectivity index (χ0n) is 21.5. The van der Waals surface area contributed by atoms with Crippen LogP contribution in [-0.2, 0) is 0 Å². The number of pyridine rings is 2. The predicted octanol–water partition coefficient (Wildman–Crippen LogP) is 8.88. The predicted molar refractivity (Wildman–Crippen MR) is 164 cm³/mol. The van der Waals surface area contributed by atoms with Gasteiger partial charge >= 0.3 is 0 Å². The molecule has 0 fully saturated rings. The van der Waals surface area contributed by atoms with E-state index in [1.54, 1.807) is 12.4 Å². The van der Waals surface area contributed by atoms with Crippen LogP contribution in [0.1, 0.15) is 0 Å². The first kappa shape index (κ1) is 22.5. The van der Waals surface area contributed by atoms with Gasteiger partial charge in [-0.1, -0.05) is 60.7 Å². The third-order valence-electron chi connectivity index (χ3n) is 7.46. The van der Waals surface area contributed by atoms with E-state index in [1.807, 2.05) is 6.07 Å². The van der Waals surface area contributed by atoms with Crippen molar-refractivity contribution in [3.05, 3.63) is 134 Å². The van der Waals surface area contributed by atoms with E-state index in [9.17, 15) is 0 Å². The van der Waals surface area contributed by atoms with Gasteiger partial charge in [0.05, 0.1) is 22.4 Å². The number of rotatable bonds is 3. The first-order valence-corrected chi connectivity index (χ1v) is 13.3. The Morgan fingerprint density at radius 2 is 0.800 bits per heavy atom. The Morgan fingerprint density at radius 1 is 0.350 bits per heavy atom.